The Labute approximate surface area is 151 Å². The Hall–Kier alpha value is -2.77. The van der Waals surface area contributed by atoms with Gasteiger partial charge in [0.25, 0.3) is 0 Å². The Balaban J connectivity index is 1.70. The van der Waals surface area contributed by atoms with Crippen LogP contribution in [0.3, 0.4) is 0 Å². The highest BCUT2D eigenvalue weighted by Gasteiger charge is 2.41. The molecule has 0 radical (unpaired) electrons. The molecule has 2 atom stereocenters. The highest BCUT2D eigenvalue weighted by molar-refractivity contribution is 5.77. The Morgan fingerprint density at radius 3 is 2.69 bits per heavy atom. The van der Waals surface area contributed by atoms with Crippen molar-refractivity contribution in [2.75, 3.05) is 19.6 Å². The fraction of sp³-hybridized carbons (Fsp3) is 0.500. The number of carbonyl (C=O) groups excluding carboxylic acids is 2. The number of carboxylic acid groups (broad SMARTS) is 1. The maximum Gasteiger partial charge on any atom is 0.411 e. The highest BCUT2D eigenvalue weighted by Crippen LogP contribution is 2.27. The number of hydrogen-bond acceptors (Lipinski definition) is 4. The molecule has 3 amide bonds. The zero-order chi connectivity index (χ0) is 18.5. The second-order valence-electron chi connectivity index (χ2n) is 6.55. The molecule has 0 aromatic heterocycles. The molecule has 3 rings (SSSR count). The molecule has 0 aliphatic carbocycles. The first-order chi connectivity index (χ1) is 12.6. The molecule has 8 heteroatoms. The van der Waals surface area contributed by atoms with Gasteiger partial charge >= 0.3 is 18.1 Å². The predicted octanol–water partition coefficient (Wildman–Crippen LogP) is 1.86. The largest absolute Gasteiger partial charge is 0.481 e. The number of urea groups is 1. The molecule has 0 bridgehead atoms. The fourth-order valence-electron chi connectivity index (χ4n) is 3.41. The van der Waals surface area contributed by atoms with E-state index in [0.717, 1.165) is 12.0 Å². The summed E-state index contributed by atoms with van der Waals surface area (Å²) in [4.78, 5) is 39.2. The maximum atomic E-state index is 12.6. The van der Waals surface area contributed by atoms with Gasteiger partial charge in [-0.25, -0.2) is 9.59 Å². The summed E-state index contributed by atoms with van der Waals surface area (Å²) in [5, 5.41) is 12.1. The second-order valence-corrected chi connectivity index (χ2v) is 6.55. The van der Waals surface area contributed by atoms with Crippen LogP contribution in [0.5, 0.6) is 0 Å². The molecule has 2 fully saturated rings. The number of nitrogens with one attached hydrogen (secondary N) is 1. The van der Waals surface area contributed by atoms with Crippen molar-refractivity contribution in [3.8, 4) is 0 Å². The summed E-state index contributed by atoms with van der Waals surface area (Å²) >= 11 is 0. The minimum absolute atomic E-state index is 0.136. The van der Waals surface area contributed by atoms with E-state index in [-0.39, 0.29) is 25.6 Å². The average molecular weight is 361 g/mol. The molecular formula is C18H23N3O5. The molecule has 1 aromatic carbocycles. The van der Waals surface area contributed by atoms with Gasteiger partial charge in [0.2, 0.25) is 0 Å². The van der Waals surface area contributed by atoms with Crippen LogP contribution in [0, 0.1) is 5.92 Å². The second kappa shape index (κ2) is 8.07. The van der Waals surface area contributed by atoms with Crippen LogP contribution in [0.1, 0.15) is 24.8 Å². The molecule has 0 saturated carbocycles. The van der Waals surface area contributed by atoms with Crippen molar-refractivity contribution in [3.05, 3.63) is 35.9 Å². The smallest absolute Gasteiger partial charge is 0.411 e. The van der Waals surface area contributed by atoms with Crippen LogP contribution >= 0.6 is 0 Å². The van der Waals surface area contributed by atoms with Crippen LogP contribution in [0.25, 0.3) is 0 Å². The van der Waals surface area contributed by atoms with E-state index >= 15 is 0 Å². The zero-order valence-electron chi connectivity index (χ0n) is 14.5. The van der Waals surface area contributed by atoms with E-state index in [1.54, 1.807) is 4.90 Å². The number of hydrogen-bond donors (Lipinski definition) is 2. The van der Waals surface area contributed by atoms with Crippen LogP contribution in [0.2, 0.25) is 0 Å². The lowest BCUT2D eigenvalue weighted by Gasteiger charge is -2.44. The first-order valence-electron chi connectivity index (χ1n) is 8.81. The number of aliphatic carboxylic acids is 1. The molecule has 2 aliphatic rings. The summed E-state index contributed by atoms with van der Waals surface area (Å²) < 4.78 is 5.40. The third-order valence-corrected chi connectivity index (χ3v) is 4.84. The zero-order valence-corrected chi connectivity index (χ0v) is 14.5. The third-order valence-electron chi connectivity index (χ3n) is 4.84. The van der Waals surface area contributed by atoms with Crippen molar-refractivity contribution in [2.24, 2.45) is 5.92 Å². The monoisotopic (exact) mass is 361 g/mol. The predicted molar refractivity (Wildman–Crippen MR) is 92.2 cm³/mol. The SMILES string of the molecule is O=C(O)C1CCN(C(=O)OCc2ccccc2)C(N2CCCNC2=O)C1. The van der Waals surface area contributed by atoms with Crippen molar-refractivity contribution in [1.82, 2.24) is 15.1 Å². The van der Waals surface area contributed by atoms with Gasteiger partial charge in [-0.1, -0.05) is 30.3 Å². The quantitative estimate of drug-likeness (QED) is 0.853. The molecule has 8 nitrogen and oxygen atoms in total. The minimum atomic E-state index is -0.898. The van der Waals surface area contributed by atoms with Gasteiger partial charge in [-0.15, -0.1) is 0 Å². The normalized spacial score (nSPS) is 23.3. The van der Waals surface area contributed by atoms with Gasteiger partial charge in [-0.3, -0.25) is 9.69 Å². The summed E-state index contributed by atoms with van der Waals surface area (Å²) in [7, 11) is 0. The molecule has 2 heterocycles. The van der Waals surface area contributed by atoms with Crippen molar-refractivity contribution in [3.63, 3.8) is 0 Å². The summed E-state index contributed by atoms with van der Waals surface area (Å²) in [6, 6.07) is 9.06. The average Bonchev–Trinajstić information content (AvgIpc) is 2.67. The number of piperidine rings is 1. The van der Waals surface area contributed by atoms with Gasteiger partial charge in [0, 0.05) is 26.1 Å². The van der Waals surface area contributed by atoms with Crippen molar-refractivity contribution < 1.29 is 24.2 Å². The number of benzene rings is 1. The molecule has 26 heavy (non-hydrogen) atoms. The van der Waals surface area contributed by atoms with E-state index in [9.17, 15) is 19.5 Å². The molecular weight excluding hydrogens is 338 g/mol. The third kappa shape index (κ3) is 4.07. The van der Waals surface area contributed by atoms with E-state index in [1.807, 2.05) is 30.3 Å². The van der Waals surface area contributed by atoms with E-state index in [1.165, 1.54) is 4.90 Å². The number of carbonyl (C=O) groups is 3. The van der Waals surface area contributed by atoms with Crippen LogP contribution < -0.4 is 5.32 Å². The first kappa shape index (κ1) is 18.0. The topological polar surface area (TPSA) is 99.2 Å². The summed E-state index contributed by atoms with van der Waals surface area (Å²) in [6.45, 7) is 1.46. The number of rotatable bonds is 4. The van der Waals surface area contributed by atoms with Crippen molar-refractivity contribution >= 4 is 18.1 Å². The number of likely N-dealkylation sites (tertiary alicyclic amines) is 1. The van der Waals surface area contributed by atoms with Crippen molar-refractivity contribution in [1.29, 1.82) is 0 Å². The van der Waals surface area contributed by atoms with Gasteiger partial charge in [0.1, 0.15) is 12.8 Å². The van der Waals surface area contributed by atoms with Gasteiger partial charge in [0.05, 0.1) is 5.92 Å². The van der Waals surface area contributed by atoms with Crippen molar-refractivity contribution in [2.45, 2.75) is 32.0 Å². The molecule has 2 saturated heterocycles. The number of nitrogens with zero attached hydrogens (tertiary/aromatic N) is 2. The Morgan fingerprint density at radius 1 is 1.23 bits per heavy atom. The summed E-state index contributed by atoms with van der Waals surface area (Å²) in [6.07, 6.45) is 0.187. The minimum Gasteiger partial charge on any atom is -0.481 e. The number of amides is 3. The Kier molecular flexibility index (Phi) is 5.60. The Morgan fingerprint density at radius 2 is 2.00 bits per heavy atom. The fourth-order valence-corrected chi connectivity index (χ4v) is 3.41. The van der Waals surface area contributed by atoms with Gasteiger partial charge < -0.3 is 20.1 Å². The molecule has 2 unspecified atom stereocenters. The summed E-state index contributed by atoms with van der Waals surface area (Å²) in [5.41, 5.74) is 0.869. The lowest BCUT2D eigenvalue weighted by Crippen LogP contribution is -2.61. The van der Waals surface area contributed by atoms with Crippen LogP contribution in [0.15, 0.2) is 30.3 Å². The standard InChI is InChI=1S/C18H23N3O5/c22-16(23)14-7-10-21(15(11-14)20-9-4-8-19-17(20)24)18(25)26-12-13-5-2-1-3-6-13/h1-3,5-6,14-15H,4,7-12H2,(H,19,24)(H,22,23). The van der Waals surface area contributed by atoms with Gasteiger partial charge in [0.15, 0.2) is 0 Å². The molecule has 2 N–H and O–H groups in total. The van der Waals surface area contributed by atoms with Gasteiger partial charge in [-0.2, -0.15) is 0 Å². The van der Waals surface area contributed by atoms with Gasteiger partial charge in [-0.05, 0) is 18.4 Å². The molecule has 2 aliphatic heterocycles. The van der Waals surface area contributed by atoms with Crippen LogP contribution in [-0.2, 0) is 16.1 Å². The first-order valence-corrected chi connectivity index (χ1v) is 8.81. The van der Waals surface area contributed by atoms with E-state index in [4.69, 9.17) is 4.74 Å². The van der Waals surface area contributed by atoms with E-state index in [0.29, 0.717) is 19.5 Å². The molecule has 1 aromatic rings. The lowest BCUT2D eigenvalue weighted by molar-refractivity contribution is -0.145. The van der Waals surface area contributed by atoms with Crippen LogP contribution in [-0.4, -0.2) is 58.8 Å². The Bertz CT molecular complexity index is 666. The summed E-state index contributed by atoms with van der Waals surface area (Å²) in [5.74, 6) is -1.47. The molecule has 140 valence electrons. The van der Waals surface area contributed by atoms with E-state index < -0.39 is 24.1 Å². The molecule has 0 spiro atoms. The highest BCUT2D eigenvalue weighted by atomic mass is 16.6. The number of ether oxygens (including phenoxy) is 1. The maximum absolute atomic E-state index is 12.6. The number of carboxylic acids is 1. The van der Waals surface area contributed by atoms with E-state index in [2.05, 4.69) is 5.32 Å². The van der Waals surface area contributed by atoms with Crippen LogP contribution in [0.4, 0.5) is 9.59 Å². The lowest BCUT2D eigenvalue weighted by atomic mass is 9.94.